The number of rotatable bonds is 7. The van der Waals surface area contributed by atoms with Gasteiger partial charge in [0, 0.05) is 25.2 Å². The quantitative estimate of drug-likeness (QED) is 0.504. The summed E-state index contributed by atoms with van der Waals surface area (Å²) in [5.41, 5.74) is -1.14. The highest BCUT2D eigenvalue weighted by atomic mass is 16.5. The molecule has 0 saturated carbocycles. The van der Waals surface area contributed by atoms with E-state index in [1.165, 1.54) is 0 Å². The van der Waals surface area contributed by atoms with E-state index >= 15 is 0 Å². The van der Waals surface area contributed by atoms with Crippen molar-refractivity contribution in [1.82, 2.24) is 15.5 Å². The number of furan rings is 1. The normalized spacial score (nSPS) is 19.5. The lowest BCUT2D eigenvalue weighted by atomic mass is 10.0. The van der Waals surface area contributed by atoms with Crippen molar-refractivity contribution in [1.29, 1.82) is 0 Å². The number of nitrogens with one attached hydrogen (secondary N) is 2. The van der Waals surface area contributed by atoms with Crippen molar-refractivity contribution in [2.45, 2.75) is 38.8 Å². The van der Waals surface area contributed by atoms with Crippen LogP contribution in [-0.4, -0.2) is 67.4 Å². The fourth-order valence-electron chi connectivity index (χ4n) is 2.81. The van der Waals surface area contributed by atoms with Crippen LogP contribution in [0.4, 0.5) is 0 Å². The van der Waals surface area contributed by atoms with Crippen LogP contribution in [0.3, 0.4) is 0 Å². The highest BCUT2D eigenvalue weighted by Crippen LogP contribution is 2.20. The van der Waals surface area contributed by atoms with E-state index in [1.807, 2.05) is 6.92 Å². The topological polar surface area (TPSA) is 82.3 Å². The second-order valence-electron chi connectivity index (χ2n) is 7.21. The average molecular weight is 352 g/mol. The highest BCUT2D eigenvalue weighted by molar-refractivity contribution is 5.79. The summed E-state index contributed by atoms with van der Waals surface area (Å²) < 4.78 is 10.7. The summed E-state index contributed by atoms with van der Waals surface area (Å²) in [6, 6.07) is 3.54. The van der Waals surface area contributed by atoms with Crippen molar-refractivity contribution >= 4 is 5.96 Å². The van der Waals surface area contributed by atoms with E-state index in [0.717, 1.165) is 32.8 Å². The van der Waals surface area contributed by atoms with E-state index < -0.39 is 5.60 Å². The van der Waals surface area contributed by atoms with Crippen LogP contribution in [0.15, 0.2) is 27.8 Å². The van der Waals surface area contributed by atoms with Crippen LogP contribution in [0.1, 0.15) is 33.5 Å². The minimum Gasteiger partial charge on any atom is -0.466 e. The van der Waals surface area contributed by atoms with Crippen LogP contribution < -0.4 is 10.6 Å². The fourth-order valence-corrected chi connectivity index (χ4v) is 2.81. The second kappa shape index (κ2) is 8.69. The van der Waals surface area contributed by atoms with Gasteiger partial charge in [-0.1, -0.05) is 0 Å². The Morgan fingerprint density at radius 3 is 2.60 bits per heavy atom. The number of hydrogen-bond acceptors (Lipinski definition) is 5. The number of ether oxygens (including phenoxy) is 1. The Bertz CT molecular complexity index is 535. The van der Waals surface area contributed by atoms with Crippen molar-refractivity contribution in [2.24, 2.45) is 4.99 Å². The maximum absolute atomic E-state index is 10.6. The Hall–Kier alpha value is -1.57. The zero-order valence-corrected chi connectivity index (χ0v) is 15.8. The molecule has 1 aromatic rings. The molecule has 1 aliphatic rings. The number of hydrogen-bond donors (Lipinski definition) is 3. The molecule has 0 aliphatic carbocycles. The molecule has 1 fully saturated rings. The van der Waals surface area contributed by atoms with Gasteiger partial charge in [0.05, 0.1) is 32.6 Å². The summed E-state index contributed by atoms with van der Waals surface area (Å²) in [4.78, 5) is 7.12. The zero-order valence-electron chi connectivity index (χ0n) is 15.8. The lowest BCUT2D eigenvalue weighted by Crippen LogP contribution is -2.52. The Kier molecular flexibility index (Phi) is 6.87. The predicted molar refractivity (Wildman–Crippen MR) is 98.7 cm³/mol. The molecule has 0 radical (unpaired) electrons. The first-order valence-electron chi connectivity index (χ1n) is 8.96. The smallest absolute Gasteiger partial charge is 0.191 e. The predicted octanol–water partition coefficient (Wildman–Crippen LogP) is 1.15. The van der Waals surface area contributed by atoms with Gasteiger partial charge in [0.1, 0.15) is 11.4 Å². The van der Waals surface area contributed by atoms with Crippen LogP contribution >= 0.6 is 0 Å². The van der Waals surface area contributed by atoms with E-state index in [2.05, 4.69) is 29.4 Å². The third-order valence-electron chi connectivity index (χ3n) is 4.49. The molecule has 7 heteroatoms. The first kappa shape index (κ1) is 19.8. The van der Waals surface area contributed by atoms with Crippen LogP contribution in [0.2, 0.25) is 0 Å². The molecule has 0 bridgehead atoms. The van der Waals surface area contributed by atoms with E-state index in [1.54, 1.807) is 25.3 Å². The molecule has 2 heterocycles. The lowest BCUT2D eigenvalue weighted by Gasteiger charge is -2.40. The molecule has 1 atom stereocenters. The maximum Gasteiger partial charge on any atom is 0.191 e. The molecule has 2 rings (SSSR count). The number of morpholine rings is 1. The lowest BCUT2D eigenvalue weighted by molar-refractivity contribution is -0.00686. The number of aliphatic imine (C=N–C) groups is 1. The Morgan fingerprint density at radius 2 is 2.00 bits per heavy atom. The van der Waals surface area contributed by atoms with E-state index in [-0.39, 0.29) is 5.54 Å². The third kappa shape index (κ3) is 5.73. The van der Waals surface area contributed by atoms with E-state index in [4.69, 9.17) is 14.1 Å². The summed E-state index contributed by atoms with van der Waals surface area (Å²) in [6.45, 7) is 13.3. The Balaban J connectivity index is 1.95. The second-order valence-corrected chi connectivity index (χ2v) is 7.21. The summed E-state index contributed by atoms with van der Waals surface area (Å²) in [6.07, 6.45) is 1.56. The van der Waals surface area contributed by atoms with Crippen LogP contribution in [0.5, 0.6) is 0 Å². The molecule has 1 unspecified atom stereocenters. The summed E-state index contributed by atoms with van der Waals surface area (Å²) in [5.74, 6) is 1.22. The monoisotopic (exact) mass is 352 g/mol. The van der Waals surface area contributed by atoms with Crippen LogP contribution in [0, 0.1) is 0 Å². The maximum atomic E-state index is 10.6. The minimum atomic E-state index is -1.10. The van der Waals surface area contributed by atoms with Gasteiger partial charge in [-0.2, -0.15) is 0 Å². The van der Waals surface area contributed by atoms with Gasteiger partial charge in [-0.15, -0.1) is 0 Å². The largest absolute Gasteiger partial charge is 0.466 e. The van der Waals surface area contributed by atoms with Gasteiger partial charge in [-0.3, -0.25) is 9.89 Å². The molecule has 0 spiro atoms. The fraction of sp³-hybridized carbons (Fsp3) is 0.722. The van der Waals surface area contributed by atoms with Gasteiger partial charge in [-0.05, 0) is 39.8 Å². The molecule has 3 N–H and O–H groups in total. The molecule has 1 aliphatic heterocycles. The minimum absolute atomic E-state index is 0.0460. The first-order chi connectivity index (χ1) is 11.8. The van der Waals surface area contributed by atoms with Gasteiger partial charge >= 0.3 is 0 Å². The molecule has 1 aromatic heterocycles. The molecular weight excluding hydrogens is 320 g/mol. The Labute approximate surface area is 150 Å². The highest BCUT2D eigenvalue weighted by Gasteiger charge is 2.29. The molecular formula is C18H32N4O3. The molecule has 7 nitrogen and oxygen atoms in total. The summed E-state index contributed by atoms with van der Waals surface area (Å²) in [5, 5.41) is 17.0. The number of aliphatic hydroxyl groups is 1. The van der Waals surface area contributed by atoms with Gasteiger partial charge in [-0.25, -0.2) is 0 Å². The Morgan fingerprint density at radius 1 is 1.28 bits per heavy atom. The van der Waals surface area contributed by atoms with Gasteiger partial charge in [0.2, 0.25) is 0 Å². The zero-order chi connectivity index (χ0) is 18.3. The van der Waals surface area contributed by atoms with Crippen molar-refractivity contribution in [2.75, 3.05) is 45.9 Å². The van der Waals surface area contributed by atoms with Crippen molar-refractivity contribution in [3.8, 4) is 0 Å². The summed E-state index contributed by atoms with van der Waals surface area (Å²) >= 11 is 0. The van der Waals surface area contributed by atoms with Crippen molar-refractivity contribution in [3.63, 3.8) is 0 Å². The number of nitrogens with zero attached hydrogens (tertiary/aromatic N) is 2. The standard InChI is InChI=1S/C18H32N4O3/c1-5-19-16(21-14-18(4,23)15-7-6-10-25-15)20-13-17(2,3)22-8-11-24-12-9-22/h6-7,10,23H,5,8-9,11-14H2,1-4H3,(H2,19,20,21). The molecule has 25 heavy (non-hydrogen) atoms. The van der Waals surface area contributed by atoms with Crippen molar-refractivity contribution in [3.05, 3.63) is 24.2 Å². The SMILES string of the molecule is CCNC(=NCC(C)(C)N1CCOCC1)NCC(C)(O)c1ccco1. The molecule has 0 aromatic carbocycles. The van der Waals surface area contributed by atoms with Crippen molar-refractivity contribution < 1.29 is 14.3 Å². The third-order valence-corrected chi connectivity index (χ3v) is 4.49. The van der Waals surface area contributed by atoms with Gasteiger partial charge in [0.25, 0.3) is 0 Å². The van der Waals surface area contributed by atoms with E-state index in [9.17, 15) is 5.11 Å². The van der Waals surface area contributed by atoms with Gasteiger partial charge < -0.3 is 24.9 Å². The molecule has 142 valence electrons. The number of guanidine groups is 1. The summed E-state index contributed by atoms with van der Waals surface area (Å²) in [7, 11) is 0. The van der Waals surface area contributed by atoms with Crippen LogP contribution in [-0.2, 0) is 10.3 Å². The van der Waals surface area contributed by atoms with E-state index in [0.29, 0.717) is 24.8 Å². The molecule has 0 amide bonds. The van der Waals surface area contributed by atoms with Crippen LogP contribution in [0.25, 0.3) is 0 Å². The average Bonchev–Trinajstić information content (AvgIpc) is 3.14. The van der Waals surface area contributed by atoms with Gasteiger partial charge in [0.15, 0.2) is 5.96 Å². The first-order valence-corrected chi connectivity index (χ1v) is 8.96. The molecule has 1 saturated heterocycles.